The Hall–Kier alpha value is -3.75. The number of nitrogens with zero attached hydrogens (tertiary/aromatic N) is 3. The summed E-state index contributed by atoms with van der Waals surface area (Å²) >= 11 is 0. The fourth-order valence-corrected chi connectivity index (χ4v) is 4.26. The van der Waals surface area contributed by atoms with Crippen LogP contribution < -0.4 is 10.2 Å². The number of aryl methyl sites for hydroxylation is 1. The first-order valence-corrected chi connectivity index (χ1v) is 10.5. The Morgan fingerprint density at radius 3 is 2.97 bits per heavy atom. The van der Waals surface area contributed by atoms with Gasteiger partial charge in [0.25, 0.3) is 0 Å². The number of amides is 2. The van der Waals surface area contributed by atoms with E-state index in [-0.39, 0.29) is 12.5 Å². The third kappa shape index (κ3) is 3.59. The zero-order valence-electron chi connectivity index (χ0n) is 17.4. The summed E-state index contributed by atoms with van der Waals surface area (Å²) in [5.41, 5.74) is 4.38. The Morgan fingerprint density at radius 1 is 1.28 bits per heavy atom. The number of ether oxygens (including phenoxy) is 1. The van der Waals surface area contributed by atoms with Gasteiger partial charge in [-0.15, -0.1) is 0 Å². The summed E-state index contributed by atoms with van der Waals surface area (Å²) in [6, 6.07) is 7.30. The predicted octanol–water partition coefficient (Wildman–Crippen LogP) is 3.49. The van der Waals surface area contributed by atoms with E-state index in [0.29, 0.717) is 30.0 Å². The normalized spacial score (nSPS) is 17.4. The number of rotatable bonds is 4. The number of halogens is 1. The van der Waals surface area contributed by atoms with Crippen LogP contribution in [0.1, 0.15) is 24.5 Å². The topological polar surface area (TPSA) is 97.6 Å². The highest BCUT2D eigenvalue weighted by atomic mass is 19.1. The van der Waals surface area contributed by atoms with Crippen LogP contribution in [0.15, 0.2) is 41.2 Å². The lowest BCUT2D eigenvalue weighted by molar-refractivity contribution is -0.119. The van der Waals surface area contributed by atoms with Crippen molar-refractivity contribution in [3.63, 3.8) is 0 Å². The smallest absolute Gasteiger partial charge is 0.414 e. The summed E-state index contributed by atoms with van der Waals surface area (Å²) < 4.78 is 25.3. The third-order valence-electron chi connectivity index (χ3n) is 5.79. The van der Waals surface area contributed by atoms with Crippen molar-refractivity contribution in [1.29, 1.82) is 0 Å². The summed E-state index contributed by atoms with van der Waals surface area (Å²) in [7, 11) is 0. The number of aromatic nitrogens is 2. The van der Waals surface area contributed by atoms with Crippen molar-refractivity contribution < 1.29 is 23.2 Å². The molecule has 2 aromatic heterocycles. The molecule has 1 aliphatic heterocycles. The summed E-state index contributed by atoms with van der Waals surface area (Å²) in [4.78, 5) is 28.9. The number of hydrogen-bond acceptors (Lipinski definition) is 6. The molecule has 0 spiro atoms. The molecule has 8 nitrogen and oxygen atoms in total. The monoisotopic (exact) mass is 436 g/mol. The maximum absolute atomic E-state index is 14.3. The van der Waals surface area contributed by atoms with Crippen molar-refractivity contribution in [1.82, 2.24) is 15.5 Å². The van der Waals surface area contributed by atoms with Crippen molar-refractivity contribution in [2.45, 2.75) is 32.3 Å². The van der Waals surface area contributed by atoms with Gasteiger partial charge in [-0.1, -0.05) is 5.16 Å². The minimum absolute atomic E-state index is 0.168. The Morgan fingerprint density at radius 2 is 2.16 bits per heavy atom. The van der Waals surface area contributed by atoms with Crippen molar-refractivity contribution in [2.75, 3.05) is 18.0 Å². The van der Waals surface area contributed by atoms with E-state index in [1.165, 1.54) is 19.3 Å². The van der Waals surface area contributed by atoms with E-state index in [0.717, 1.165) is 35.2 Å². The zero-order chi connectivity index (χ0) is 22.2. The number of carbonyl (C=O) groups excluding carboxylic acids is 2. The summed E-state index contributed by atoms with van der Waals surface area (Å²) in [6.07, 6.45) is 4.18. The lowest BCUT2D eigenvalue weighted by atomic mass is 10.00. The Labute approximate surface area is 183 Å². The minimum Gasteiger partial charge on any atom is -0.442 e. The molecule has 1 atom stereocenters. The van der Waals surface area contributed by atoms with Crippen molar-refractivity contribution in [2.24, 2.45) is 0 Å². The molecule has 0 bridgehead atoms. The SMILES string of the molecule is CC(=O)NC[C@H]1CN(c2ccc3c(c2)CCCc2c(-c4ccncc4F)noc2-3)C(=O)O1. The highest BCUT2D eigenvalue weighted by molar-refractivity contribution is 5.90. The molecular weight excluding hydrogens is 415 g/mol. The number of pyridine rings is 1. The van der Waals surface area contributed by atoms with E-state index in [4.69, 9.17) is 9.26 Å². The molecule has 1 fully saturated rings. The lowest BCUT2D eigenvalue weighted by Crippen LogP contribution is -2.33. The second-order valence-electron chi connectivity index (χ2n) is 7.94. The Kier molecular flexibility index (Phi) is 5.08. The van der Waals surface area contributed by atoms with E-state index in [2.05, 4.69) is 15.5 Å². The first kappa shape index (κ1) is 20.2. The highest BCUT2D eigenvalue weighted by Gasteiger charge is 2.33. The average molecular weight is 436 g/mol. The molecule has 0 unspecified atom stereocenters. The zero-order valence-corrected chi connectivity index (χ0v) is 17.4. The number of anilines is 1. The third-order valence-corrected chi connectivity index (χ3v) is 5.79. The van der Waals surface area contributed by atoms with Crippen LogP contribution in [-0.4, -0.2) is 41.3 Å². The summed E-state index contributed by atoms with van der Waals surface area (Å²) in [6.45, 7) is 2.06. The number of carbonyl (C=O) groups is 2. The van der Waals surface area contributed by atoms with E-state index < -0.39 is 18.0 Å². The van der Waals surface area contributed by atoms with Gasteiger partial charge in [-0.05, 0) is 49.1 Å². The molecule has 9 heteroatoms. The Bertz CT molecular complexity index is 1210. The first-order chi connectivity index (χ1) is 15.5. The highest BCUT2D eigenvalue weighted by Crippen LogP contribution is 2.40. The van der Waals surface area contributed by atoms with E-state index in [9.17, 15) is 14.0 Å². The van der Waals surface area contributed by atoms with Gasteiger partial charge in [-0.25, -0.2) is 9.18 Å². The molecule has 0 radical (unpaired) electrons. The summed E-state index contributed by atoms with van der Waals surface area (Å²) in [5, 5.41) is 6.84. The number of hydrogen-bond donors (Lipinski definition) is 1. The molecule has 164 valence electrons. The molecule has 1 aliphatic carbocycles. The van der Waals surface area contributed by atoms with Crippen LogP contribution in [0.4, 0.5) is 14.9 Å². The molecule has 1 N–H and O–H groups in total. The average Bonchev–Trinajstić information content (AvgIpc) is 3.31. The van der Waals surface area contributed by atoms with Gasteiger partial charge in [0.15, 0.2) is 11.6 Å². The van der Waals surface area contributed by atoms with E-state index in [1.807, 2.05) is 18.2 Å². The van der Waals surface area contributed by atoms with Gasteiger partial charge in [0.05, 0.1) is 19.3 Å². The molecule has 1 aromatic carbocycles. The van der Waals surface area contributed by atoms with Crippen molar-refractivity contribution in [3.05, 3.63) is 53.6 Å². The van der Waals surface area contributed by atoms with Crippen molar-refractivity contribution >= 4 is 17.7 Å². The maximum Gasteiger partial charge on any atom is 0.414 e. The van der Waals surface area contributed by atoms with Crippen LogP contribution in [0.25, 0.3) is 22.6 Å². The van der Waals surface area contributed by atoms with Crippen LogP contribution in [0.5, 0.6) is 0 Å². The molecule has 1 saturated heterocycles. The van der Waals surface area contributed by atoms with Crippen LogP contribution in [0.2, 0.25) is 0 Å². The standard InChI is InChI=1S/C23H21FN4O4/c1-13(29)26-10-16-12-28(23(30)31-16)15-5-6-17-14(9-15)3-2-4-19-21(27-32-22(17)19)18-7-8-25-11-20(18)24/h5-9,11,16H,2-4,10,12H2,1H3,(H,26,29)/t16-/m0/s1. The first-order valence-electron chi connectivity index (χ1n) is 10.5. The number of fused-ring (bicyclic) bond motifs is 3. The second-order valence-corrected chi connectivity index (χ2v) is 7.94. The van der Waals surface area contributed by atoms with Gasteiger partial charge in [-0.3, -0.25) is 14.7 Å². The molecule has 5 rings (SSSR count). The number of benzene rings is 1. The Balaban J connectivity index is 1.45. The van der Waals surface area contributed by atoms with E-state index >= 15 is 0 Å². The second kappa shape index (κ2) is 8.07. The van der Waals surface area contributed by atoms with Gasteiger partial charge in [-0.2, -0.15) is 0 Å². The lowest BCUT2D eigenvalue weighted by Gasteiger charge is -2.15. The largest absolute Gasteiger partial charge is 0.442 e. The number of nitrogens with one attached hydrogen (secondary N) is 1. The molecule has 3 heterocycles. The molecule has 2 amide bonds. The fourth-order valence-electron chi connectivity index (χ4n) is 4.26. The van der Waals surface area contributed by atoms with Gasteiger partial charge in [0, 0.05) is 35.5 Å². The molecular formula is C23H21FN4O4. The van der Waals surface area contributed by atoms with Crippen LogP contribution in [0, 0.1) is 5.82 Å². The molecule has 3 aromatic rings. The van der Waals surface area contributed by atoms with Gasteiger partial charge in [0.1, 0.15) is 11.8 Å². The number of cyclic esters (lactones) is 1. The summed E-state index contributed by atoms with van der Waals surface area (Å²) in [5.74, 6) is 0.0194. The fraction of sp³-hybridized carbons (Fsp3) is 0.304. The van der Waals surface area contributed by atoms with Crippen molar-refractivity contribution in [3.8, 4) is 22.6 Å². The van der Waals surface area contributed by atoms with Gasteiger partial charge in [0.2, 0.25) is 5.91 Å². The predicted molar refractivity (Wildman–Crippen MR) is 113 cm³/mol. The van der Waals surface area contributed by atoms with Crippen LogP contribution in [-0.2, 0) is 22.4 Å². The van der Waals surface area contributed by atoms with Gasteiger partial charge < -0.3 is 14.6 Å². The van der Waals surface area contributed by atoms with Crippen LogP contribution in [0.3, 0.4) is 0 Å². The molecule has 0 saturated carbocycles. The maximum atomic E-state index is 14.3. The molecule has 2 aliphatic rings. The van der Waals surface area contributed by atoms with Crippen LogP contribution >= 0.6 is 0 Å². The minimum atomic E-state index is -0.440. The van der Waals surface area contributed by atoms with E-state index in [1.54, 1.807) is 11.0 Å². The molecule has 32 heavy (non-hydrogen) atoms. The van der Waals surface area contributed by atoms with Gasteiger partial charge >= 0.3 is 6.09 Å². The quantitative estimate of drug-likeness (QED) is 0.672.